The molecule has 16 heavy (non-hydrogen) atoms. The molecule has 3 rings (SSSR count). The van der Waals surface area contributed by atoms with E-state index >= 15 is 0 Å². The first kappa shape index (κ1) is 9.68. The minimum absolute atomic E-state index is 0.590. The second-order valence-corrected chi connectivity index (χ2v) is 4.78. The first-order valence-corrected chi connectivity index (χ1v) is 6.39. The van der Waals surface area contributed by atoms with Gasteiger partial charge in [0, 0.05) is 22.2 Å². The summed E-state index contributed by atoms with van der Waals surface area (Å²) in [5, 5.41) is 8.89. The fraction of sp³-hybridized carbons (Fsp3) is 0.308. The lowest BCUT2D eigenvalue weighted by atomic mass is 10.1. The van der Waals surface area contributed by atoms with Crippen molar-refractivity contribution in [2.24, 2.45) is 0 Å². The number of terminal acetylenes is 1. The lowest BCUT2D eigenvalue weighted by Gasteiger charge is -1.98. The van der Waals surface area contributed by atoms with Crippen LogP contribution in [0.4, 0.5) is 0 Å². The smallest absolute Gasteiger partial charge is 0.102 e. The number of nitrogens with zero attached hydrogens (tertiary/aromatic N) is 2. The maximum atomic E-state index is 5.37. The fourth-order valence-corrected chi connectivity index (χ4v) is 3.00. The summed E-state index contributed by atoms with van der Waals surface area (Å²) in [7, 11) is 0. The molecule has 0 amide bonds. The van der Waals surface area contributed by atoms with E-state index < -0.39 is 0 Å². The second-order valence-electron chi connectivity index (χ2n) is 4.00. The van der Waals surface area contributed by atoms with Gasteiger partial charge in [0.1, 0.15) is 6.54 Å². The third kappa shape index (κ3) is 1.38. The molecule has 2 nitrogen and oxygen atoms in total. The van der Waals surface area contributed by atoms with Gasteiger partial charge in [-0.1, -0.05) is 5.92 Å². The summed E-state index contributed by atoms with van der Waals surface area (Å²) in [4.78, 5) is 0. The standard InChI is InChI=1S/C13H12N2S/c1-2-7-15-12-5-3-4-11(12)13(14-15)10-6-8-16-9-10/h1,6,8-9H,3-5,7H2. The molecule has 2 aromatic heterocycles. The minimum Gasteiger partial charge on any atom is -0.257 e. The number of aromatic nitrogens is 2. The van der Waals surface area contributed by atoms with E-state index in [1.807, 2.05) is 4.68 Å². The molecule has 1 aliphatic carbocycles. The molecule has 0 bridgehead atoms. The molecule has 2 aromatic rings. The Morgan fingerprint density at radius 1 is 1.50 bits per heavy atom. The minimum atomic E-state index is 0.590. The van der Waals surface area contributed by atoms with Gasteiger partial charge in [-0.2, -0.15) is 16.4 Å². The number of hydrogen-bond donors (Lipinski definition) is 0. The highest BCUT2D eigenvalue weighted by atomic mass is 32.1. The normalized spacial score (nSPS) is 13.7. The van der Waals surface area contributed by atoms with Crippen molar-refractivity contribution in [1.29, 1.82) is 0 Å². The van der Waals surface area contributed by atoms with Crippen molar-refractivity contribution in [3.8, 4) is 23.6 Å². The molecule has 0 fully saturated rings. The van der Waals surface area contributed by atoms with E-state index in [-0.39, 0.29) is 0 Å². The van der Waals surface area contributed by atoms with Crippen molar-refractivity contribution in [3.05, 3.63) is 28.1 Å². The molecule has 0 aliphatic heterocycles. The topological polar surface area (TPSA) is 17.8 Å². The molecule has 80 valence electrons. The summed E-state index contributed by atoms with van der Waals surface area (Å²) in [5.74, 6) is 2.68. The van der Waals surface area contributed by atoms with E-state index in [4.69, 9.17) is 6.42 Å². The van der Waals surface area contributed by atoms with Crippen LogP contribution in [-0.2, 0) is 19.4 Å². The van der Waals surface area contributed by atoms with Crippen molar-refractivity contribution in [2.45, 2.75) is 25.8 Å². The first-order chi connectivity index (χ1) is 7.90. The zero-order valence-corrected chi connectivity index (χ0v) is 9.76. The van der Waals surface area contributed by atoms with Crippen LogP contribution < -0.4 is 0 Å². The highest BCUT2D eigenvalue weighted by Gasteiger charge is 2.22. The average molecular weight is 228 g/mol. The predicted molar refractivity (Wildman–Crippen MR) is 66.4 cm³/mol. The molecule has 0 aromatic carbocycles. The van der Waals surface area contributed by atoms with Crippen LogP contribution in [0.15, 0.2) is 16.8 Å². The molecular formula is C13H12N2S. The molecule has 2 heterocycles. The molecule has 0 saturated heterocycles. The summed E-state index contributed by atoms with van der Waals surface area (Å²) >= 11 is 1.71. The quantitative estimate of drug-likeness (QED) is 0.723. The Hall–Kier alpha value is -1.53. The van der Waals surface area contributed by atoms with Crippen LogP contribution in [0, 0.1) is 12.3 Å². The van der Waals surface area contributed by atoms with Crippen molar-refractivity contribution in [1.82, 2.24) is 9.78 Å². The molecule has 0 atom stereocenters. The Bertz CT molecular complexity index is 543. The number of thiophene rings is 1. The second kappa shape index (κ2) is 3.80. The van der Waals surface area contributed by atoms with Gasteiger partial charge >= 0.3 is 0 Å². The SMILES string of the molecule is C#CCn1nc(-c2ccsc2)c2c1CCC2. The van der Waals surface area contributed by atoms with Crippen LogP contribution in [0.5, 0.6) is 0 Å². The fourth-order valence-electron chi connectivity index (χ4n) is 2.36. The molecule has 0 N–H and O–H groups in total. The Morgan fingerprint density at radius 2 is 2.44 bits per heavy atom. The monoisotopic (exact) mass is 228 g/mol. The van der Waals surface area contributed by atoms with Crippen molar-refractivity contribution in [3.63, 3.8) is 0 Å². The maximum Gasteiger partial charge on any atom is 0.102 e. The Kier molecular flexibility index (Phi) is 2.30. The van der Waals surface area contributed by atoms with Gasteiger partial charge in [-0.25, -0.2) is 0 Å². The van der Waals surface area contributed by atoms with Crippen LogP contribution in [0.25, 0.3) is 11.3 Å². The van der Waals surface area contributed by atoms with Gasteiger partial charge in [0.25, 0.3) is 0 Å². The summed E-state index contributed by atoms with van der Waals surface area (Å²) in [6.07, 6.45) is 8.87. The van der Waals surface area contributed by atoms with Crippen molar-refractivity contribution in [2.75, 3.05) is 0 Å². The van der Waals surface area contributed by atoms with Gasteiger partial charge in [0.05, 0.1) is 5.69 Å². The van der Waals surface area contributed by atoms with Gasteiger partial charge in [-0.15, -0.1) is 6.42 Å². The van der Waals surface area contributed by atoms with E-state index in [1.54, 1.807) is 11.3 Å². The lowest BCUT2D eigenvalue weighted by molar-refractivity contribution is 0.669. The summed E-state index contributed by atoms with van der Waals surface area (Å²) < 4.78 is 2.00. The summed E-state index contributed by atoms with van der Waals surface area (Å²) in [6, 6.07) is 2.13. The average Bonchev–Trinajstić information content (AvgIpc) is 2.94. The highest BCUT2D eigenvalue weighted by Crippen LogP contribution is 2.32. The predicted octanol–water partition coefficient (Wildman–Crippen LogP) is 2.73. The van der Waals surface area contributed by atoms with Crippen LogP contribution in [0.2, 0.25) is 0 Å². The van der Waals surface area contributed by atoms with Crippen LogP contribution in [0.1, 0.15) is 17.7 Å². The van der Waals surface area contributed by atoms with Crippen LogP contribution in [0.3, 0.4) is 0 Å². The molecular weight excluding hydrogens is 216 g/mol. The Labute approximate surface area is 98.9 Å². The molecule has 0 saturated carbocycles. The number of fused-ring (bicyclic) bond motifs is 1. The molecule has 0 radical (unpaired) electrons. The van der Waals surface area contributed by atoms with Crippen LogP contribution >= 0.6 is 11.3 Å². The van der Waals surface area contributed by atoms with E-state index in [0.717, 1.165) is 18.5 Å². The highest BCUT2D eigenvalue weighted by molar-refractivity contribution is 7.08. The zero-order valence-electron chi connectivity index (χ0n) is 8.94. The van der Waals surface area contributed by atoms with Gasteiger partial charge in [-0.3, -0.25) is 4.68 Å². The van der Waals surface area contributed by atoms with Gasteiger partial charge in [0.15, 0.2) is 0 Å². The number of rotatable bonds is 2. The van der Waals surface area contributed by atoms with Gasteiger partial charge in [-0.05, 0) is 30.7 Å². The number of hydrogen-bond acceptors (Lipinski definition) is 2. The van der Waals surface area contributed by atoms with E-state index in [2.05, 4.69) is 27.8 Å². The Balaban J connectivity index is 2.13. The molecule has 0 unspecified atom stereocenters. The Morgan fingerprint density at radius 3 is 3.19 bits per heavy atom. The lowest BCUT2D eigenvalue weighted by Crippen LogP contribution is -2.02. The van der Waals surface area contributed by atoms with E-state index in [9.17, 15) is 0 Å². The largest absolute Gasteiger partial charge is 0.257 e. The third-order valence-corrected chi connectivity index (χ3v) is 3.73. The first-order valence-electron chi connectivity index (χ1n) is 5.44. The van der Waals surface area contributed by atoms with Gasteiger partial charge < -0.3 is 0 Å². The molecule has 3 heteroatoms. The molecule has 1 aliphatic rings. The van der Waals surface area contributed by atoms with Gasteiger partial charge in [0.2, 0.25) is 0 Å². The summed E-state index contributed by atoms with van der Waals surface area (Å²) in [6.45, 7) is 0.590. The van der Waals surface area contributed by atoms with E-state index in [1.165, 1.54) is 23.2 Å². The van der Waals surface area contributed by atoms with Crippen molar-refractivity contribution < 1.29 is 0 Å². The maximum absolute atomic E-state index is 5.37. The third-order valence-electron chi connectivity index (χ3n) is 3.04. The molecule has 0 spiro atoms. The van der Waals surface area contributed by atoms with E-state index in [0.29, 0.717) is 6.54 Å². The zero-order chi connectivity index (χ0) is 11.0. The van der Waals surface area contributed by atoms with Crippen molar-refractivity contribution >= 4 is 11.3 Å². The summed E-state index contributed by atoms with van der Waals surface area (Å²) in [5.41, 5.74) is 5.13. The van der Waals surface area contributed by atoms with Crippen LogP contribution in [-0.4, -0.2) is 9.78 Å².